The second kappa shape index (κ2) is 9.22. The molecule has 0 bridgehead atoms. The first-order chi connectivity index (χ1) is 11.0. The molecule has 2 atom stereocenters. The van der Waals surface area contributed by atoms with Crippen LogP contribution in [0.15, 0.2) is 23.6 Å². The number of carbonyl (C=O) groups is 1. The fraction of sp³-hybridized carbons (Fsp3) is 0.375. The summed E-state index contributed by atoms with van der Waals surface area (Å²) in [5.74, 6) is 0.515. The number of nitrogens with zero attached hydrogens (tertiary/aromatic N) is 1. The van der Waals surface area contributed by atoms with Crippen LogP contribution in [0.25, 0.3) is 11.3 Å². The largest absolute Gasteiger partial charge is 0.495 e. The molecule has 3 N–H and O–H groups in total. The minimum Gasteiger partial charge on any atom is -0.495 e. The number of aromatic nitrogens is 1. The highest BCUT2D eigenvalue weighted by atomic mass is 35.5. The quantitative estimate of drug-likeness (QED) is 0.775. The number of hydrogen-bond donors (Lipinski definition) is 2. The van der Waals surface area contributed by atoms with Crippen molar-refractivity contribution < 1.29 is 9.53 Å². The van der Waals surface area contributed by atoms with Crippen molar-refractivity contribution in [1.29, 1.82) is 0 Å². The summed E-state index contributed by atoms with van der Waals surface area (Å²) in [7, 11) is 1.57. The first kappa shape index (κ1) is 20.7. The number of anilines is 1. The van der Waals surface area contributed by atoms with Crippen molar-refractivity contribution in [2.24, 2.45) is 11.7 Å². The Bertz CT molecular complexity index is 694. The average molecular weight is 390 g/mol. The predicted octanol–water partition coefficient (Wildman–Crippen LogP) is 4.21. The molecule has 2 rings (SSSR count). The van der Waals surface area contributed by atoms with Gasteiger partial charge in [-0.25, -0.2) is 4.98 Å². The van der Waals surface area contributed by atoms with Gasteiger partial charge < -0.3 is 15.8 Å². The lowest BCUT2D eigenvalue weighted by Gasteiger charge is -2.16. The Kier molecular flexibility index (Phi) is 7.96. The topological polar surface area (TPSA) is 77.2 Å². The van der Waals surface area contributed by atoms with Crippen LogP contribution in [0, 0.1) is 5.92 Å². The van der Waals surface area contributed by atoms with Crippen molar-refractivity contribution in [3.8, 4) is 17.0 Å². The summed E-state index contributed by atoms with van der Waals surface area (Å²) in [6, 6.07) is 4.90. The number of ether oxygens (including phenoxy) is 1. The molecule has 24 heavy (non-hydrogen) atoms. The third kappa shape index (κ3) is 4.83. The minimum absolute atomic E-state index is 0. The van der Waals surface area contributed by atoms with Crippen LogP contribution in [0.4, 0.5) is 5.13 Å². The molecule has 2 unspecified atom stereocenters. The summed E-state index contributed by atoms with van der Waals surface area (Å²) >= 11 is 7.48. The van der Waals surface area contributed by atoms with E-state index in [9.17, 15) is 4.79 Å². The third-order valence-corrected chi connectivity index (χ3v) is 4.79. The smallest absolute Gasteiger partial charge is 0.243 e. The summed E-state index contributed by atoms with van der Waals surface area (Å²) < 4.78 is 5.13. The second-order valence-corrected chi connectivity index (χ2v) is 6.55. The molecule has 132 valence electrons. The summed E-state index contributed by atoms with van der Waals surface area (Å²) in [4.78, 5) is 16.5. The zero-order valence-electron chi connectivity index (χ0n) is 13.7. The standard InChI is InChI=1S/C16H20ClN3O2S.ClH/c1-4-9(2)14(18)15(21)20-16-19-12(8-23-16)10-5-6-13(22-3)11(17)7-10;/h5-9,14H,4,18H2,1-3H3,(H,19,20,21);1H. The highest BCUT2D eigenvalue weighted by molar-refractivity contribution is 7.14. The molecule has 1 aromatic carbocycles. The lowest BCUT2D eigenvalue weighted by Crippen LogP contribution is -2.40. The number of carbonyl (C=O) groups excluding carboxylic acids is 1. The van der Waals surface area contributed by atoms with Gasteiger partial charge in [-0.1, -0.05) is 31.9 Å². The molecule has 0 fully saturated rings. The highest BCUT2D eigenvalue weighted by Crippen LogP contribution is 2.31. The van der Waals surface area contributed by atoms with E-state index in [1.165, 1.54) is 11.3 Å². The van der Waals surface area contributed by atoms with Crippen molar-refractivity contribution in [1.82, 2.24) is 4.98 Å². The zero-order chi connectivity index (χ0) is 17.0. The molecule has 1 aromatic heterocycles. The van der Waals surface area contributed by atoms with E-state index in [-0.39, 0.29) is 24.2 Å². The van der Waals surface area contributed by atoms with E-state index in [2.05, 4.69) is 10.3 Å². The van der Waals surface area contributed by atoms with Gasteiger partial charge in [-0.3, -0.25) is 4.79 Å². The SMILES string of the molecule is CCC(C)C(N)C(=O)Nc1nc(-c2ccc(OC)c(Cl)c2)cs1.Cl. The van der Waals surface area contributed by atoms with Crippen molar-refractivity contribution in [2.75, 3.05) is 12.4 Å². The van der Waals surface area contributed by atoms with E-state index >= 15 is 0 Å². The van der Waals surface area contributed by atoms with Gasteiger partial charge in [-0.2, -0.15) is 0 Å². The van der Waals surface area contributed by atoms with Gasteiger partial charge in [-0.15, -0.1) is 23.7 Å². The molecule has 0 saturated heterocycles. The number of thiazole rings is 1. The van der Waals surface area contributed by atoms with Crippen LogP contribution in [0.1, 0.15) is 20.3 Å². The van der Waals surface area contributed by atoms with Crippen LogP contribution < -0.4 is 15.8 Å². The molecule has 0 radical (unpaired) electrons. The molecule has 0 aliphatic carbocycles. The molecule has 0 spiro atoms. The fourth-order valence-corrected chi connectivity index (χ4v) is 2.97. The summed E-state index contributed by atoms with van der Waals surface area (Å²) in [6.07, 6.45) is 0.849. The molecular formula is C16H21Cl2N3O2S. The van der Waals surface area contributed by atoms with Crippen LogP contribution >= 0.6 is 35.3 Å². The number of nitrogens with two attached hydrogens (primary N) is 1. The molecule has 2 aromatic rings. The number of hydrogen-bond acceptors (Lipinski definition) is 5. The number of nitrogens with one attached hydrogen (secondary N) is 1. The second-order valence-electron chi connectivity index (χ2n) is 5.29. The lowest BCUT2D eigenvalue weighted by atomic mass is 10.00. The Hall–Kier alpha value is -1.34. The van der Waals surface area contributed by atoms with Gasteiger partial charge in [-0.05, 0) is 24.1 Å². The Labute approximate surface area is 157 Å². The fourth-order valence-electron chi connectivity index (χ4n) is 1.99. The monoisotopic (exact) mass is 389 g/mol. The van der Waals surface area contributed by atoms with Gasteiger partial charge in [0, 0.05) is 10.9 Å². The Morgan fingerprint density at radius 1 is 1.50 bits per heavy atom. The van der Waals surface area contributed by atoms with E-state index in [4.69, 9.17) is 22.1 Å². The Morgan fingerprint density at radius 3 is 2.79 bits per heavy atom. The van der Waals surface area contributed by atoms with Gasteiger partial charge in [0.1, 0.15) is 5.75 Å². The van der Waals surface area contributed by atoms with Crippen LogP contribution in [-0.4, -0.2) is 24.0 Å². The molecule has 0 aliphatic heterocycles. The zero-order valence-corrected chi connectivity index (χ0v) is 16.1. The Morgan fingerprint density at radius 2 is 2.21 bits per heavy atom. The van der Waals surface area contributed by atoms with Crippen LogP contribution in [0.3, 0.4) is 0 Å². The van der Waals surface area contributed by atoms with Crippen LogP contribution in [0.5, 0.6) is 5.75 Å². The van der Waals surface area contributed by atoms with Gasteiger partial charge in [0.05, 0.1) is 23.9 Å². The van der Waals surface area contributed by atoms with Gasteiger partial charge in [0.15, 0.2) is 5.13 Å². The van der Waals surface area contributed by atoms with Gasteiger partial charge >= 0.3 is 0 Å². The van der Waals surface area contributed by atoms with Crippen LogP contribution in [-0.2, 0) is 4.79 Å². The lowest BCUT2D eigenvalue weighted by molar-refractivity contribution is -0.118. The van der Waals surface area contributed by atoms with Crippen molar-refractivity contribution >= 4 is 46.4 Å². The first-order valence-electron chi connectivity index (χ1n) is 7.32. The highest BCUT2D eigenvalue weighted by Gasteiger charge is 2.20. The number of amides is 1. The molecule has 5 nitrogen and oxygen atoms in total. The van der Waals surface area contributed by atoms with E-state index in [0.717, 1.165) is 17.7 Å². The predicted molar refractivity (Wildman–Crippen MR) is 102 cm³/mol. The normalized spacial score (nSPS) is 12.9. The van der Waals surface area contributed by atoms with Gasteiger partial charge in [0.2, 0.25) is 5.91 Å². The summed E-state index contributed by atoms with van der Waals surface area (Å²) in [6.45, 7) is 3.96. The first-order valence-corrected chi connectivity index (χ1v) is 8.57. The number of halogens is 2. The number of rotatable bonds is 6. The van der Waals surface area contributed by atoms with Crippen LogP contribution in [0.2, 0.25) is 5.02 Å². The van der Waals surface area contributed by atoms with E-state index in [0.29, 0.717) is 15.9 Å². The molecule has 8 heteroatoms. The molecule has 1 heterocycles. The maximum Gasteiger partial charge on any atom is 0.243 e. The van der Waals surface area contributed by atoms with Crippen molar-refractivity contribution in [2.45, 2.75) is 26.3 Å². The molecular weight excluding hydrogens is 369 g/mol. The Balaban J connectivity index is 0.00000288. The summed E-state index contributed by atoms with van der Waals surface area (Å²) in [5.41, 5.74) is 7.52. The minimum atomic E-state index is -0.539. The number of methoxy groups -OCH3 is 1. The molecule has 1 amide bonds. The molecule has 0 saturated carbocycles. The van der Waals surface area contributed by atoms with Crippen molar-refractivity contribution in [3.63, 3.8) is 0 Å². The maximum absolute atomic E-state index is 12.1. The van der Waals surface area contributed by atoms with E-state index in [1.807, 2.05) is 25.3 Å². The maximum atomic E-state index is 12.1. The van der Waals surface area contributed by atoms with Crippen molar-refractivity contribution in [3.05, 3.63) is 28.6 Å². The van der Waals surface area contributed by atoms with E-state index < -0.39 is 6.04 Å². The third-order valence-electron chi connectivity index (χ3n) is 3.74. The number of benzene rings is 1. The van der Waals surface area contributed by atoms with E-state index in [1.54, 1.807) is 19.2 Å². The molecule has 0 aliphatic rings. The van der Waals surface area contributed by atoms with Gasteiger partial charge in [0.25, 0.3) is 0 Å². The average Bonchev–Trinajstić information content (AvgIpc) is 3.01. The summed E-state index contributed by atoms with van der Waals surface area (Å²) in [5, 5.41) is 5.67.